The Bertz CT molecular complexity index is 1870. The van der Waals surface area contributed by atoms with E-state index in [1.165, 1.54) is 7.11 Å². The lowest BCUT2D eigenvalue weighted by atomic mass is 9.55. The number of hydrogen-bond donors (Lipinski definition) is 4. The molecule has 4 aliphatic rings. The average Bonchev–Trinajstić information content (AvgIpc) is 4.12. The lowest BCUT2D eigenvalue weighted by Gasteiger charge is -2.60. The molecule has 2 aromatic rings. The lowest BCUT2D eigenvalue weighted by molar-refractivity contribution is -0.258. The van der Waals surface area contributed by atoms with Gasteiger partial charge in [0.05, 0.1) is 58.0 Å². The number of methoxy groups -OCH3 is 2. The fraction of sp³-hybridized carbons (Fsp3) is 0.587. The predicted molar refractivity (Wildman–Crippen MR) is 228 cm³/mol. The van der Waals surface area contributed by atoms with Crippen molar-refractivity contribution in [2.45, 2.75) is 82.5 Å². The van der Waals surface area contributed by atoms with E-state index >= 15 is 0 Å². The number of nitrogens with zero attached hydrogens (tertiary/aromatic N) is 2. The molecule has 2 amide bonds. The van der Waals surface area contributed by atoms with Crippen LogP contribution in [0.15, 0.2) is 65.9 Å². The number of rotatable bonds is 24. The third kappa shape index (κ3) is 10.5. The van der Waals surface area contributed by atoms with Crippen LogP contribution in [0.2, 0.25) is 0 Å². The summed E-state index contributed by atoms with van der Waals surface area (Å²) in [5, 5.41) is 36.8. The van der Waals surface area contributed by atoms with Crippen LogP contribution < -0.4 is 24.3 Å². The molecule has 15 heteroatoms. The Labute approximate surface area is 358 Å². The Kier molecular flexibility index (Phi) is 16.5. The molecule has 334 valence electrons. The van der Waals surface area contributed by atoms with E-state index in [2.05, 4.69) is 18.0 Å². The molecular formula is C46H63N3O12. The van der Waals surface area contributed by atoms with Crippen molar-refractivity contribution in [2.75, 3.05) is 72.3 Å². The van der Waals surface area contributed by atoms with Crippen LogP contribution in [0.4, 0.5) is 10.5 Å². The molecule has 1 aliphatic heterocycles. The molecule has 0 spiro atoms. The van der Waals surface area contributed by atoms with Gasteiger partial charge < -0.3 is 53.5 Å². The molecule has 0 aromatic heterocycles. The summed E-state index contributed by atoms with van der Waals surface area (Å²) < 4.78 is 36.8. The third-order valence-electron chi connectivity index (χ3n) is 12.1. The van der Waals surface area contributed by atoms with Gasteiger partial charge in [-0.05, 0) is 93.2 Å². The molecule has 61 heavy (non-hydrogen) atoms. The first-order valence-electron chi connectivity index (χ1n) is 21.7. The summed E-state index contributed by atoms with van der Waals surface area (Å²) in [4.78, 5) is 35.6. The van der Waals surface area contributed by atoms with Crippen LogP contribution in [0, 0.1) is 23.7 Å². The third-order valence-corrected chi connectivity index (χ3v) is 12.1. The summed E-state index contributed by atoms with van der Waals surface area (Å²) in [6.45, 7) is 6.88. The van der Waals surface area contributed by atoms with Crippen molar-refractivity contribution >= 4 is 23.4 Å². The van der Waals surface area contributed by atoms with Crippen LogP contribution in [0.3, 0.4) is 0 Å². The average molecular weight is 850 g/mol. The van der Waals surface area contributed by atoms with Gasteiger partial charge in [-0.15, -0.1) is 6.58 Å². The van der Waals surface area contributed by atoms with E-state index in [0.29, 0.717) is 48.1 Å². The highest BCUT2D eigenvalue weighted by Crippen LogP contribution is 2.62. The van der Waals surface area contributed by atoms with Crippen LogP contribution in [-0.4, -0.2) is 117 Å². The number of nitrogens with one attached hydrogen (secondary N) is 1. The smallest absolute Gasteiger partial charge is 0.417 e. The molecule has 0 saturated heterocycles. The van der Waals surface area contributed by atoms with E-state index in [4.69, 9.17) is 38.4 Å². The zero-order valence-corrected chi connectivity index (χ0v) is 35.7. The molecule has 1 heterocycles. The minimum absolute atomic E-state index is 0.0197. The largest absolute Gasteiger partial charge is 0.497 e. The van der Waals surface area contributed by atoms with Gasteiger partial charge in [0.15, 0.2) is 0 Å². The summed E-state index contributed by atoms with van der Waals surface area (Å²) in [7, 11) is 3.05. The van der Waals surface area contributed by atoms with Crippen molar-refractivity contribution in [3.8, 4) is 23.0 Å². The number of unbranched alkanes of at least 4 members (excludes halogenated alkanes) is 2. The van der Waals surface area contributed by atoms with Gasteiger partial charge in [0.25, 0.3) is 0 Å². The SMILES string of the molecule is C=CCO[C@@]12Oc3ccc(OC(=O)Nc4ccc(OC)cc4OC)cc3[C@H]3[C@H](CCCCO)[C@@H](CCCCO)C=C(C(=NOCC)C[C@@H]1N(CCOCCO)C(=O)C1CC1)[C@H]32. The molecule has 2 fully saturated rings. The number of oxime groups is 1. The van der Waals surface area contributed by atoms with E-state index < -0.39 is 23.8 Å². The maximum Gasteiger partial charge on any atom is 0.417 e. The van der Waals surface area contributed by atoms with Crippen molar-refractivity contribution in [1.29, 1.82) is 0 Å². The van der Waals surface area contributed by atoms with E-state index in [1.807, 2.05) is 17.9 Å². The van der Waals surface area contributed by atoms with Crippen LogP contribution in [0.5, 0.6) is 23.0 Å². The molecule has 0 radical (unpaired) electrons. The van der Waals surface area contributed by atoms with Gasteiger partial charge in [-0.2, -0.15) is 0 Å². The number of ether oxygens (including phenoxy) is 6. The Morgan fingerprint density at radius 1 is 0.984 bits per heavy atom. The van der Waals surface area contributed by atoms with E-state index in [1.54, 1.807) is 43.5 Å². The fourth-order valence-electron chi connectivity index (χ4n) is 9.31. The number of aliphatic hydroxyl groups is 3. The summed E-state index contributed by atoms with van der Waals surface area (Å²) in [6.07, 6.45) is 9.41. The maximum atomic E-state index is 14.5. The molecule has 0 bridgehead atoms. The molecule has 6 atom stereocenters. The monoisotopic (exact) mass is 849 g/mol. The number of carbonyl (C=O) groups excluding carboxylic acids is 2. The van der Waals surface area contributed by atoms with E-state index in [0.717, 1.165) is 49.7 Å². The fourth-order valence-corrected chi connectivity index (χ4v) is 9.31. The summed E-state index contributed by atoms with van der Waals surface area (Å²) in [5.74, 6) is -0.624. The molecule has 15 nitrogen and oxygen atoms in total. The molecular weight excluding hydrogens is 787 g/mol. The second-order valence-electron chi connectivity index (χ2n) is 15.9. The topological polar surface area (TPSA) is 187 Å². The second-order valence-corrected chi connectivity index (χ2v) is 15.9. The number of allylic oxidation sites excluding steroid dienone is 1. The van der Waals surface area contributed by atoms with Gasteiger partial charge >= 0.3 is 6.09 Å². The number of aliphatic hydroxyl groups excluding tert-OH is 3. The Morgan fingerprint density at radius 2 is 1.75 bits per heavy atom. The summed E-state index contributed by atoms with van der Waals surface area (Å²) in [5.41, 5.74) is 2.81. The maximum absolute atomic E-state index is 14.5. The molecule has 6 rings (SSSR count). The van der Waals surface area contributed by atoms with Crippen molar-refractivity contribution in [2.24, 2.45) is 28.8 Å². The van der Waals surface area contributed by atoms with Gasteiger partial charge in [-0.3, -0.25) is 10.1 Å². The minimum atomic E-state index is -1.43. The van der Waals surface area contributed by atoms with Gasteiger partial charge in [-0.25, -0.2) is 4.79 Å². The second kappa shape index (κ2) is 21.9. The normalized spacial score (nSPS) is 24.4. The summed E-state index contributed by atoms with van der Waals surface area (Å²) in [6, 6.07) is 9.69. The first kappa shape index (κ1) is 45.8. The number of carbonyl (C=O) groups is 2. The van der Waals surface area contributed by atoms with Crippen LogP contribution >= 0.6 is 0 Å². The number of hydrogen-bond acceptors (Lipinski definition) is 13. The van der Waals surface area contributed by atoms with Crippen LogP contribution in [0.25, 0.3) is 0 Å². The molecule has 2 saturated carbocycles. The van der Waals surface area contributed by atoms with Gasteiger partial charge in [-0.1, -0.05) is 30.1 Å². The Morgan fingerprint density at radius 3 is 2.44 bits per heavy atom. The lowest BCUT2D eigenvalue weighted by Crippen LogP contribution is -2.70. The van der Waals surface area contributed by atoms with Crippen molar-refractivity contribution in [3.63, 3.8) is 0 Å². The van der Waals surface area contributed by atoms with Gasteiger partial charge in [0, 0.05) is 49.6 Å². The first-order chi connectivity index (χ1) is 29.8. The molecule has 4 N–H and O–H groups in total. The Hall–Kier alpha value is -4.67. The quantitative estimate of drug-likeness (QED) is 0.0532. The molecule has 2 aromatic carbocycles. The van der Waals surface area contributed by atoms with Gasteiger partial charge in [0.1, 0.15) is 35.6 Å². The number of anilines is 1. The molecule has 3 aliphatic carbocycles. The highest BCUT2D eigenvalue weighted by Gasteiger charge is 2.66. The van der Waals surface area contributed by atoms with Crippen molar-refractivity contribution in [3.05, 3.63) is 66.3 Å². The highest BCUT2D eigenvalue weighted by atomic mass is 16.7. The predicted octanol–water partition coefficient (Wildman–Crippen LogP) is 6.22. The Balaban J connectivity index is 1.51. The van der Waals surface area contributed by atoms with Crippen molar-refractivity contribution < 1.29 is 58.2 Å². The zero-order chi connectivity index (χ0) is 43.4. The van der Waals surface area contributed by atoms with E-state index in [-0.39, 0.29) is 87.9 Å². The van der Waals surface area contributed by atoms with Crippen LogP contribution in [-0.2, 0) is 19.1 Å². The number of fused-ring (bicyclic) bond motifs is 2. The molecule has 0 unspecified atom stereocenters. The number of benzene rings is 2. The number of amides is 2. The minimum Gasteiger partial charge on any atom is -0.497 e. The summed E-state index contributed by atoms with van der Waals surface area (Å²) >= 11 is 0. The van der Waals surface area contributed by atoms with E-state index in [9.17, 15) is 24.9 Å². The highest BCUT2D eigenvalue weighted by molar-refractivity contribution is 6.03. The van der Waals surface area contributed by atoms with Crippen molar-refractivity contribution in [1.82, 2.24) is 4.90 Å². The standard InChI is InChI=1S/C46H63N3O12/c1-5-23-58-46-41(49(19-24-57-25-22-52)44(53)30-13-14-30)29-38(48-59-6-2)35-26-31(11-7-9-20-50)34(12-8-10-21-51)42(43(35)46)36-27-33(16-18-39(36)61-46)60-45(54)47-37-17-15-32(55-3)28-40(37)56-4/h5,15-18,26-28,30-31,34,41-43,50-52H,1,6-14,19-25,29H2,2-4H3,(H,47,54)/t31-,34+,41-,42+,43+,46+/m0/s1. The van der Waals surface area contributed by atoms with Gasteiger partial charge in [0.2, 0.25) is 11.7 Å². The zero-order valence-electron chi connectivity index (χ0n) is 35.7. The van der Waals surface area contributed by atoms with Crippen LogP contribution in [0.1, 0.15) is 76.2 Å². The first-order valence-corrected chi connectivity index (χ1v) is 21.7.